The van der Waals surface area contributed by atoms with Crippen molar-refractivity contribution >= 4 is 29.0 Å². The molecule has 0 saturated carbocycles. The molecule has 0 fully saturated rings. The zero-order chi connectivity index (χ0) is 20.9. The van der Waals surface area contributed by atoms with Gasteiger partial charge in [0.1, 0.15) is 0 Å². The number of anilines is 2. The second kappa shape index (κ2) is 8.33. The maximum absolute atomic E-state index is 12.8. The molecule has 0 aromatic heterocycles. The van der Waals surface area contributed by atoms with E-state index in [9.17, 15) is 14.4 Å². The van der Waals surface area contributed by atoms with Crippen LogP contribution in [0.2, 0.25) is 0 Å². The number of nitrogen functional groups attached to an aromatic ring is 1. The molecule has 28 heavy (non-hydrogen) atoms. The zero-order valence-electron chi connectivity index (χ0n) is 15.2. The van der Waals surface area contributed by atoms with Crippen molar-refractivity contribution in [2.24, 2.45) is 5.73 Å². The normalized spacial score (nSPS) is 12.5. The van der Waals surface area contributed by atoms with Crippen molar-refractivity contribution < 1.29 is 19.5 Å². The van der Waals surface area contributed by atoms with Crippen LogP contribution in [0, 0.1) is 11.3 Å². The maximum Gasteiger partial charge on any atom is 0.305 e. The number of aliphatic carboxylic acids is 1. The third-order valence-corrected chi connectivity index (χ3v) is 4.38. The third kappa shape index (κ3) is 4.52. The monoisotopic (exact) mass is 380 g/mol. The molecule has 0 saturated heterocycles. The van der Waals surface area contributed by atoms with Crippen LogP contribution >= 0.6 is 0 Å². The summed E-state index contributed by atoms with van der Waals surface area (Å²) in [7, 11) is 0. The summed E-state index contributed by atoms with van der Waals surface area (Å²) in [5.41, 5.74) is 11.5. The van der Waals surface area contributed by atoms with Gasteiger partial charge < -0.3 is 21.9 Å². The van der Waals surface area contributed by atoms with Gasteiger partial charge in [-0.3, -0.25) is 14.4 Å². The smallest absolute Gasteiger partial charge is 0.305 e. The summed E-state index contributed by atoms with van der Waals surface area (Å²) in [6.45, 7) is 1.62. The number of amides is 1. The molecule has 0 aliphatic rings. The van der Waals surface area contributed by atoms with E-state index in [0.717, 1.165) is 0 Å². The van der Waals surface area contributed by atoms with Crippen molar-refractivity contribution in [3.05, 3.63) is 59.2 Å². The van der Waals surface area contributed by atoms with Gasteiger partial charge in [0.25, 0.3) is 5.91 Å². The maximum atomic E-state index is 12.8. The first-order chi connectivity index (χ1) is 13.2. The van der Waals surface area contributed by atoms with Gasteiger partial charge >= 0.3 is 5.97 Å². The lowest BCUT2D eigenvalue weighted by molar-refractivity contribution is -0.138. The summed E-state index contributed by atoms with van der Waals surface area (Å²) >= 11 is 0. The van der Waals surface area contributed by atoms with Gasteiger partial charge in [-0.15, -0.1) is 0 Å². The molecule has 8 heteroatoms. The van der Waals surface area contributed by atoms with Crippen LogP contribution in [0.25, 0.3) is 0 Å². The van der Waals surface area contributed by atoms with E-state index in [4.69, 9.17) is 21.8 Å². The van der Waals surface area contributed by atoms with E-state index in [1.165, 1.54) is 42.5 Å². The minimum atomic E-state index is -1.60. The Morgan fingerprint density at radius 1 is 1.18 bits per heavy atom. The fourth-order valence-corrected chi connectivity index (χ4v) is 2.63. The summed E-state index contributed by atoms with van der Waals surface area (Å²) in [6, 6.07) is 12.3. The quantitative estimate of drug-likeness (QED) is 0.423. The predicted octanol–water partition coefficient (Wildman–Crippen LogP) is 2.16. The van der Waals surface area contributed by atoms with Crippen molar-refractivity contribution in [2.45, 2.75) is 25.3 Å². The summed E-state index contributed by atoms with van der Waals surface area (Å²) in [6.07, 6.45) is -0.428. The fourth-order valence-electron chi connectivity index (χ4n) is 2.63. The first-order valence-corrected chi connectivity index (χ1v) is 8.46. The lowest BCUT2D eigenvalue weighted by Gasteiger charge is -2.25. The summed E-state index contributed by atoms with van der Waals surface area (Å²) in [5.74, 6) is -2.24. The molecule has 0 aliphatic heterocycles. The lowest BCUT2D eigenvalue weighted by atomic mass is 9.84. The fraction of sp³-hybridized carbons (Fsp3) is 0.200. The second-order valence-corrected chi connectivity index (χ2v) is 6.35. The van der Waals surface area contributed by atoms with Crippen LogP contribution < -0.4 is 16.8 Å². The number of nitriles is 1. The highest BCUT2D eigenvalue weighted by molar-refractivity contribution is 6.10. The van der Waals surface area contributed by atoms with E-state index in [2.05, 4.69) is 5.32 Å². The molecule has 0 aliphatic carbocycles. The molecular formula is C20H20N4O4. The van der Waals surface area contributed by atoms with E-state index in [1.807, 2.05) is 6.07 Å². The van der Waals surface area contributed by atoms with Gasteiger partial charge in [0.2, 0.25) is 0 Å². The topological polar surface area (TPSA) is 159 Å². The van der Waals surface area contributed by atoms with Crippen molar-refractivity contribution in [1.82, 2.24) is 0 Å². The molecule has 0 bridgehead atoms. The van der Waals surface area contributed by atoms with E-state index in [0.29, 0.717) is 16.8 Å². The number of benzene rings is 2. The van der Waals surface area contributed by atoms with E-state index >= 15 is 0 Å². The number of nitrogens with two attached hydrogens (primary N) is 2. The van der Waals surface area contributed by atoms with Crippen LogP contribution in [0.4, 0.5) is 11.4 Å². The highest BCUT2D eigenvalue weighted by Crippen LogP contribution is 2.26. The van der Waals surface area contributed by atoms with Gasteiger partial charge in [0.05, 0.1) is 23.6 Å². The van der Waals surface area contributed by atoms with Gasteiger partial charge in [0, 0.05) is 22.5 Å². The third-order valence-electron chi connectivity index (χ3n) is 4.38. The van der Waals surface area contributed by atoms with Crippen LogP contribution in [0.3, 0.4) is 0 Å². The first-order valence-electron chi connectivity index (χ1n) is 8.46. The number of rotatable bonds is 7. The highest BCUT2D eigenvalue weighted by atomic mass is 16.4. The Morgan fingerprint density at radius 3 is 2.36 bits per heavy atom. The van der Waals surface area contributed by atoms with Crippen molar-refractivity contribution in [1.29, 1.82) is 5.26 Å². The van der Waals surface area contributed by atoms with Gasteiger partial charge in [-0.1, -0.05) is 6.92 Å². The molecule has 1 atom stereocenters. The molecule has 6 N–H and O–H groups in total. The van der Waals surface area contributed by atoms with Crippen LogP contribution in [0.1, 0.15) is 46.0 Å². The molecule has 1 amide bonds. The Balaban J connectivity index is 2.29. The Bertz CT molecular complexity index is 963. The number of nitrogens with zero attached hydrogens (tertiary/aromatic N) is 1. The molecule has 2 aromatic rings. The Morgan fingerprint density at radius 2 is 1.82 bits per heavy atom. The Labute approximate surface area is 161 Å². The standard InChI is InChI=1S/C20H20N4O4/c1-2-20(23,10-17(25)26)18(27)15-9-14(7-8-16(15)22)24-19(28)13-5-3-12(11-21)4-6-13/h3-9H,2,10,22-23H2,1H3,(H,24,28)(H,25,26). The number of Topliss-reactive ketones (excluding diaryl/α,β-unsaturated/α-hetero) is 1. The number of carboxylic acid groups (broad SMARTS) is 1. The largest absolute Gasteiger partial charge is 0.481 e. The number of hydrogen-bond donors (Lipinski definition) is 4. The van der Waals surface area contributed by atoms with Gasteiger partial charge in [-0.2, -0.15) is 5.26 Å². The van der Waals surface area contributed by atoms with Crippen LogP contribution in [0.5, 0.6) is 0 Å². The molecule has 0 radical (unpaired) electrons. The molecule has 0 heterocycles. The minimum Gasteiger partial charge on any atom is -0.481 e. The number of carbonyl (C=O) groups is 3. The SMILES string of the molecule is CCC(N)(CC(=O)O)C(=O)c1cc(NC(=O)c2ccc(C#N)cc2)ccc1N. The molecule has 144 valence electrons. The summed E-state index contributed by atoms with van der Waals surface area (Å²) < 4.78 is 0. The summed E-state index contributed by atoms with van der Waals surface area (Å²) in [4.78, 5) is 36.3. The molecular weight excluding hydrogens is 360 g/mol. The van der Waals surface area contributed by atoms with Gasteiger partial charge in [-0.05, 0) is 48.9 Å². The van der Waals surface area contributed by atoms with E-state index < -0.39 is 29.6 Å². The Hall–Kier alpha value is -3.70. The number of carbonyl (C=O) groups excluding carboxylic acids is 2. The van der Waals surface area contributed by atoms with E-state index in [1.54, 1.807) is 6.92 Å². The molecule has 8 nitrogen and oxygen atoms in total. The minimum absolute atomic E-state index is 0.0447. The van der Waals surface area contributed by atoms with E-state index in [-0.39, 0.29) is 17.7 Å². The van der Waals surface area contributed by atoms with Crippen molar-refractivity contribution in [3.8, 4) is 6.07 Å². The zero-order valence-corrected chi connectivity index (χ0v) is 15.2. The lowest BCUT2D eigenvalue weighted by Crippen LogP contribution is -2.49. The van der Waals surface area contributed by atoms with Gasteiger partial charge in [-0.25, -0.2) is 0 Å². The van der Waals surface area contributed by atoms with Crippen molar-refractivity contribution in [2.75, 3.05) is 11.1 Å². The van der Waals surface area contributed by atoms with Crippen LogP contribution in [0.15, 0.2) is 42.5 Å². The molecule has 0 spiro atoms. The van der Waals surface area contributed by atoms with Crippen LogP contribution in [-0.4, -0.2) is 28.3 Å². The number of carboxylic acids is 1. The van der Waals surface area contributed by atoms with Gasteiger partial charge in [0.15, 0.2) is 5.78 Å². The second-order valence-electron chi connectivity index (χ2n) is 6.35. The number of ketones is 1. The Kier molecular flexibility index (Phi) is 6.13. The average molecular weight is 380 g/mol. The average Bonchev–Trinajstić information content (AvgIpc) is 2.68. The van der Waals surface area contributed by atoms with Crippen molar-refractivity contribution in [3.63, 3.8) is 0 Å². The number of nitrogens with one attached hydrogen (secondary N) is 1. The highest BCUT2D eigenvalue weighted by Gasteiger charge is 2.36. The molecule has 2 aromatic carbocycles. The molecule has 2 rings (SSSR count). The predicted molar refractivity (Wildman–Crippen MR) is 104 cm³/mol. The first kappa shape index (κ1) is 20.6. The summed E-state index contributed by atoms with van der Waals surface area (Å²) in [5, 5.41) is 20.5. The molecule has 1 unspecified atom stereocenters. The number of hydrogen-bond acceptors (Lipinski definition) is 6. The van der Waals surface area contributed by atoms with Crippen LogP contribution in [-0.2, 0) is 4.79 Å².